The number of imidazole rings is 1. The molecule has 3 aromatic rings. The molecule has 3 aromatic heterocycles. The first-order chi connectivity index (χ1) is 15.8. The van der Waals surface area contributed by atoms with Gasteiger partial charge in [-0.3, -0.25) is 19.2 Å². The molecule has 0 amide bonds. The lowest BCUT2D eigenvalue weighted by Crippen LogP contribution is -2.48. The summed E-state index contributed by atoms with van der Waals surface area (Å²) in [7, 11) is 0. The number of aromatic nitrogens is 3. The molecule has 2 aliphatic heterocycles. The average molecular weight is 433 g/mol. The fourth-order valence-corrected chi connectivity index (χ4v) is 5.13. The van der Waals surface area contributed by atoms with Gasteiger partial charge in [-0.1, -0.05) is 12.1 Å². The second-order valence-corrected chi connectivity index (χ2v) is 9.43. The Morgan fingerprint density at radius 1 is 1.00 bits per heavy atom. The Morgan fingerprint density at radius 3 is 2.72 bits per heavy atom. The minimum atomic E-state index is 0.332. The molecule has 0 spiro atoms. The maximum atomic E-state index is 5.57. The number of fused-ring (bicyclic) bond motifs is 1. The number of piperazine rings is 1. The molecule has 3 aliphatic rings. The fourth-order valence-electron chi connectivity index (χ4n) is 5.13. The Bertz CT molecular complexity index is 1040. The largest absolute Gasteiger partial charge is 0.378 e. The van der Waals surface area contributed by atoms with Crippen LogP contribution in [-0.4, -0.2) is 76.7 Å². The third kappa shape index (κ3) is 4.25. The van der Waals surface area contributed by atoms with Crippen LogP contribution in [0.3, 0.4) is 0 Å². The summed E-state index contributed by atoms with van der Waals surface area (Å²) in [6.07, 6.45) is 8.90. The van der Waals surface area contributed by atoms with Gasteiger partial charge in [0.25, 0.3) is 0 Å². The molecule has 2 saturated heterocycles. The number of hydrogen-bond acceptors (Lipinski definition) is 6. The molecule has 32 heavy (non-hydrogen) atoms. The molecule has 6 rings (SSSR count). The van der Waals surface area contributed by atoms with E-state index < -0.39 is 0 Å². The third-order valence-electron chi connectivity index (χ3n) is 7.06. The standard InChI is InChI=1S/C25H32N6O/c1-4-24-27-22(18-31(24)25(5-1)29-11-13-32-14-12-29)23-19-28(16-21-3-2-8-26-15-21)9-10-30(23)17-20-6-7-20/h1-5,8,15,18,20,23H,6-7,9-14,16-17,19H2/t23-/m1/s1. The summed E-state index contributed by atoms with van der Waals surface area (Å²) in [6, 6.07) is 11.0. The predicted molar refractivity (Wildman–Crippen MR) is 125 cm³/mol. The summed E-state index contributed by atoms with van der Waals surface area (Å²) >= 11 is 0. The van der Waals surface area contributed by atoms with E-state index in [1.807, 2.05) is 18.5 Å². The number of ether oxygens (including phenoxy) is 1. The summed E-state index contributed by atoms with van der Waals surface area (Å²) < 4.78 is 7.86. The number of hydrogen-bond donors (Lipinski definition) is 0. The highest BCUT2D eigenvalue weighted by molar-refractivity contribution is 5.53. The first-order valence-corrected chi connectivity index (χ1v) is 12.0. The number of morpholine rings is 1. The second-order valence-electron chi connectivity index (χ2n) is 9.43. The first kappa shape index (κ1) is 20.1. The summed E-state index contributed by atoms with van der Waals surface area (Å²) in [5.74, 6) is 2.10. The molecule has 5 heterocycles. The Kier molecular flexibility index (Phi) is 5.55. The lowest BCUT2D eigenvalue weighted by molar-refractivity contribution is 0.0639. The van der Waals surface area contributed by atoms with Crippen molar-refractivity contribution in [1.29, 1.82) is 0 Å². The molecule has 3 fully saturated rings. The summed E-state index contributed by atoms with van der Waals surface area (Å²) in [5, 5.41) is 0. The van der Waals surface area contributed by atoms with E-state index >= 15 is 0 Å². The van der Waals surface area contributed by atoms with Gasteiger partial charge >= 0.3 is 0 Å². The van der Waals surface area contributed by atoms with Gasteiger partial charge in [0, 0.05) is 64.4 Å². The predicted octanol–water partition coefficient (Wildman–Crippen LogP) is 2.83. The van der Waals surface area contributed by atoms with Crippen LogP contribution in [0.25, 0.3) is 5.65 Å². The highest BCUT2D eigenvalue weighted by Crippen LogP contribution is 2.35. The smallest absolute Gasteiger partial charge is 0.138 e. The molecular formula is C25H32N6O. The topological polar surface area (TPSA) is 49.1 Å². The Labute approximate surface area is 189 Å². The Hall–Kier alpha value is -2.48. The molecular weight excluding hydrogens is 400 g/mol. The van der Waals surface area contributed by atoms with E-state index in [9.17, 15) is 0 Å². The molecule has 7 nitrogen and oxygen atoms in total. The first-order valence-electron chi connectivity index (χ1n) is 12.0. The van der Waals surface area contributed by atoms with Crippen molar-refractivity contribution < 1.29 is 4.74 Å². The molecule has 0 radical (unpaired) electrons. The van der Waals surface area contributed by atoms with Gasteiger partial charge in [0.2, 0.25) is 0 Å². The monoisotopic (exact) mass is 432 g/mol. The van der Waals surface area contributed by atoms with Crippen molar-refractivity contribution in [2.75, 3.05) is 57.4 Å². The zero-order valence-corrected chi connectivity index (χ0v) is 18.6. The van der Waals surface area contributed by atoms with Crippen LogP contribution in [-0.2, 0) is 11.3 Å². The number of nitrogens with zero attached hydrogens (tertiary/aromatic N) is 6. The average Bonchev–Trinajstić information content (AvgIpc) is 3.55. The maximum Gasteiger partial charge on any atom is 0.138 e. The van der Waals surface area contributed by atoms with Crippen LogP contribution in [0.4, 0.5) is 5.82 Å². The van der Waals surface area contributed by atoms with Gasteiger partial charge in [-0.15, -0.1) is 0 Å². The van der Waals surface area contributed by atoms with Crippen LogP contribution in [0.1, 0.15) is 30.1 Å². The minimum Gasteiger partial charge on any atom is -0.378 e. The third-order valence-corrected chi connectivity index (χ3v) is 7.06. The molecule has 7 heteroatoms. The van der Waals surface area contributed by atoms with E-state index in [-0.39, 0.29) is 0 Å². The van der Waals surface area contributed by atoms with E-state index in [1.54, 1.807) is 0 Å². The molecule has 168 valence electrons. The minimum absolute atomic E-state index is 0.332. The number of rotatable bonds is 6. The van der Waals surface area contributed by atoms with E-state index in [2.05, 4.69) is 54.5 Å². The Morgan fingerprint density at radius 2 is 1.91 bits per heavy atom. The van der Waals surface area contributed by atoms with E-state index in [0.717, 1.165) is 64.0 Å². The maximum absolute atomic E-state index is 5.57. The van der Waals surface area contributed by atoms with Gasteiger partial charge in [-0.25, -0.2) is 4.98 Å². The quantitative estimate of drug-likeness (QED) is 0.597. The Balaban J connectivity index is 1.29. The molecule has 1 atom stereocenters. The van der Waals surface area contributed by atoms with Gasteiger partial charge in [0.15, 0.2) is 0 Å². The van der Waals surface area contributed by atoms with Gasteiger partial charge in [-0.2, -0.15) is 0 Å². The van der Waals surface area contributed by atoms with Crippen LogP contribution in [0, 0.1) is 5.92 Å². The summed E-state index contributed by atoms with van der Waals surface area (Å²) in [4.78, 5) is 17.1. The van der Waals surface area contributed by atoms with Crippen molar-refractivity contribution in [1.82, 2.24) is 24.2 Å². The summed E-state index contributed by atoms with van der Waals surface area (Å²) in [6.45, 7) is 8.82. The van der Waals surface area contributed by atoms with Crippen LogP contribution >= 0.6 is 0 Å². The molecule has 0 aromatic carbocycles. The van der Waals surface area contributed by atoms with E-state index in [4.69, 9.17) is 9.72 Å². The lowest BCUT2D eigenvalue weighted by Gasteiger charge is -2.41. The number of anilines is 1. The van der Waals surface area contributed by atoms with Gasteiger partial charge in [-0.05, 0) is 42.5 Å². The normalized spacial score (nSPS) is 23.1. The highest BCUT2D eigenvalue weighted by atomic mass is 16.5. The van der Waals surface area contributed by atoms with Crippen molar-refractivity contribution in [2.24, 2.45) is 5.92 Å². The van der Waals surface area contributed by atoms with E-state index in [1.165, 1.54) is 36.5 Å². The number of pyridine rings is 2. The van der Waals surface area contributed by atoms with Crippen LogP contribution in [0.5, 0.6) is 0 Å². The van der Waals surface area contributed by atoms with Crippen LogP contribution in [0.2, 0.25) is 0 Å². The van der Waals surface area contributed by atoms with E-state index in [0.29, 0.717) is 6.04 Å². The molecule has 0 unspecified atom stereocenters. The van der Waals surface area contributed by atoms with Crippen molar-refractivity contribution in [2.45, 2.75) is 25.4 Å². The fraction of sp³-hybridized carbons (Fsp3) is 0.520. The van der Waals surface area contributed by atoms with Crippen molar-refractivity contribution in [3.8, 4) is 0 Å². The molecule has 1 aliphatic carbocycles. The molecule has 0 bridgehead atoms. The van der Waals surface area contributed by atoms with Crippen molar-refractivity contribution in [3.05, 3.63) is 60.2 Å². The second kappa shape index (κ2) is 8.81. The SMILES string of the molecule is c1cncc(CN2CCN(CC3CC3)[C@@H](c3cn4c(N5CCOCC5)cccc4n3)C2)c1. The van der Waals surface area contributed by atoms with Crippen LogP contribution < -0.4 is 4.90 Å². The van der Waals surface area contributed by atoms with Gasteiger partial charge in [0.1, 0.15) is 11.5 Å². The highest BCUT2D eigenvalue weighted by Gasteiger charge is 2.34. The molecule has 1 saturated carbocycles. The van der Waals surface area contributed by atoms with Crippen LogP contribution in [0.15, 0.2) is 48.9 Å². The van der Waals surface area contributed by atoms with Gasteiger partial charge < -0.3 is 9.64 Å². The van der Waals surface area contributed by atoms with Crippen molar-refractivity contribution in [3.63, 3.8) is 0 Å². The lowest BCUT2D eigenvalue weighted by atomic mass is 10.1. The van der Waals surface area contributed by atoms with Crippen molar-refractivity contribution >= 4 is 11.5 Å². The summed E-state index contributed by atoms with van der Waals surface area (Å²) in [5.41, 5.74) is 3.52. The zero-order chi connectivity index (χ0) is 21.3. The van der Waals surface area contributed by atoms with Gasteiger partial charge in [0.05, 0.1) is 24.9 Å². The molecule has 0 N–H and O–H groups in total. The zero-order valence-electron chi connectivity index (χ0n) is 18.6.